The normalized spacial score (nSPS) is 16.3. The maximum Gasteiger partial charge on any atom is 0.330 e. The molecule has 2 heterocycles. The summed E-state index contributed by atoms with van der Waals surface area (Å²) in [5, 5.41) is 3.52. The number of thiophene rings is 1. The molecule has 7 nitrogen and oxygen atoms in total. The second-order valence-electron chi connectivity index (χ2n) is 7.11. The molecule has 3 rings (SSSR count). The minimum atomic E-state index is -0.415. The summed E-state index contributed by atoms with van der Waals surface area (Å²) in [4.78, 5) is 45.0. The number of nitrogens with zero attached hydrogens (tertiary/aromatic N) is 1. The van der Waals surface area contributed by atoms with Crippen molar-refractivity contribution in [2.75, 3.05) is 13.7 Å². The Balaban J connectivity index is 1.56. The van der Waals surface area contributed by atoms with Gasteiger partial charge in [-0.2, -0.15) is 0 Å². The fraction of sp³-hybridized carbons (Fsp3) is 0.500. The predicted molar refractivity (Wildman–Crippen MR) is 109 cm³/mol. The fourth-order valence-corrected chi connectivity index (χ4v) is 4.78. The van der Waals surface area contributed by atoms with Gasteiger partial charge in [0.05, 0.1) is 12.5 Å². The summed E-state index contributed by atoms with van der Waals surface area (Å²) in [5.41, 5.74) is 1.07. The van der Waals surface area contributed by atoms with Crippen LogP contribution in [0.4, 0.5) is 0 Å². The van der Waals surface area contributed by atoms with Crippen LogP contribution in [-0.4, -0.2) is 35.5 Å². The number of esters is 1. The van der Waals surface area contributed by atoms with Crippen molar-refractivity contribution in [1.82, 2.24) is 15.3 Å². The number of amides is 1. The van der Waals surface area contributed by atoms with E-state index in [-0.39, 0.29) is 17.9 Å². The van der Waals surface area contributed by atoms with Crippen molar-refractivity contribution in [2.45, 2.75) is 45.4 Å². The summed E-state index contributed by atoms with van der Waals surface area (Å²) >= 11 is 1.61. The number of aromatic amines is 1. The highest BCUT2D eigenvalue weighted by atomic mass is 32.1. The monoisotopic (exact) mass is 403 g/mol. The van der Waals surface area contributed by atoms with E-state index in [1.54, 1.807) is 17.4 Å². The van der Waals surface area contributed by atoms with Crippen LogP contribution in [0.1, 0.15) is 42.5 Å². The molecule has 0 bridgehead atoms. The Hall–Kier alpha value is -2.48. The summed E-state index contributed by atoms with van der Waals surface area (Å²) in [6.07, 6.45) is 7.21. The first-order valence-electron chi connectivity index (χ1n) is 9.52. The van der Waals surface area contributed by atoms with E-state index >= 15 is 0 Å². The number of H-pyrrole nitrogens is 1. The lowest BCUT2D eigenvalue weighted by Gasteiger charge is -2.17. The van der Waals surface area contributed by atoms with Gasteiger partial charge in [0.1, 0.15) is 10.7 Å². The molecule has 150 valence electrons. The molecular weight excluding hydrogens is 378 g/mol. The summed E-state index contributed by atoms with van der Waals surface area (Å²) < 4.78 is 4.49. The highest BCUT2D eigenvalue weighted by molar-refractivity contribution is 7.18. The molecule has 0 aromatic carbocycles. The Morgan fingerprint density at radius 2 is 2.25 bits per heavy atom. The third-order valence-electron chi connectivity index (χ3n) is 4.89. The highest BCUT2D eigenvalue weighted by Gasteiger charge is 2.23. The molecule has 1 amide bonds. The lowest BCUT2D eigenvalue weighted by molar-refractivity contribution is -0.134. The van der Waals surface area contributed by atoms with Crippen molar-refractivity contribution in [3.8, 4) is 0 Å². The zero-order valence-corrected chi connectivity index (χ0v) is 17.0. The molecule has 28 heavy (non-hydrogen) atoms. The molecule has 2 N–H and O–H groups in total. The lowest BCUT2D eigenvalue weighted by Crippen LogP contribution is -2.25. The number of hydrogen-bond acceptors (Lipinski definition) is 6. The summed E-state index contributed by atoms with van der Waals surface area (Å²) in [6, 6.07) is 0. The van der Waals surface area contributed by atoms with Crippen molar-refractivity contribution in [1.29, 1.82) is 0 Å². The van der Waals surface area contributed by atoms with Crippen LogP contribution in [0.2, 0.25) is 0 Å². The van der Waals surface area contributed by atoms with E-state index in [4.69, 9.17) is 0 Å². The molecular formula is C20H25N3O4S. The molecule has 0 aliphatic heterocycles. The van der Waals surface area contributed by atoms with Gasteiger partial charge in [0, 0.05) is 30.3 Å². The number of carbonyl (C=O) groups is 2. The highest BCUT2D eigenvalue weighted by Crippen LogP contribution is 2.35. The quantitative estimate of drug-likeness (QED) is 0.420. The average molecular weight is 404 g/mol. The topological polar surface area (TPSA) is 101 Å². The molecule has 0 radical (unpaired) electrons. The number of aromatic nitrogens is 2. The number of ether oxygens (including phenoxy) is 1. The number of fused-ring (bicyclic) bond motifs is 3. The molecule has 1 atom stereocenters. The van der Waals surface area contributed by atoms with E-state index in [1.165, 1.54) is 18.1 Å². The SMILES string of the molecule is COC(=O)/C=C/CCNC(=O)CCc1nc2sc3c(c2c(=O)[nH]1)CCC(C)C3. The molecule has 0 spiro atoms. The largest absolute Gasteiger partial charge is 0.466 e. The average Bonchev–Trinajstić information content (AvgIpc) is 3.03. The van der Waals surface area contributed by atoms with E-state index in [0.29, 0.717) is 31.1 Å². The first-order chi connectivity index (χ1) is 13.5. The Morgan fingerprint density at radius 3 is 3.04 bits per heavy atom. The molecule has 0 saturated carbocycles. The van der Waals surface area contributed by atoms with Gasteiger partial charge in [0.15, 0.2) is 0 Å². The van der Waals surface area contributed by atoms with Gasteiger partial charge in [-0.15, -0.1) is 11.3 Å². The smallest absolute Gasteiger partial charge is 0.330 e. The minimum Gasteiger partial charge on any atom is -0.466 e. The van der Waals surface area contributed by atoms with E-state index in [0.717, 1.165) is 35.0 Å². The van der Waals surface area contributed by atoms with Crippen molar-refractivity contribution in [3.05, 3.63) is 38.8 Å². The van der Waals surface area contributed by atoms with Crippen molar-refractivity contribution in [3.63, 3.8) is 0 Å². The van der Waals surface area contributed by atoms with Crippen LogP contribution in [0.3, 0.4) is 0 Å². The lowest BCUT2D eigenvalue weighted by atomic mass is 9.89. The zero-order valence-electron chi connectivity index (χ0n) is 16.2. The number of aryl methyl sites for hydroxylation is 2. The molecule has 0 saturated heterocycles. The van der Waals surface area contributed by atoms with Crippen molar-refractivity contribution in [2.24, 2.45) is 5.92 Å². The van der Waals surface area contributed by atoms with Crippen LogP contribution in [0, 0.1) is 5.92 Å². The van der Waals surface area contributed by atoms with Crippen LogP contribution in [0.15, 0.2) is 16.9 Å². The van der Waals surface area contributed by atoms with Gasteiger partial charge in [0.2, 0.25) is 5.91 Å². The van der Waals surface area contributed by atoms with Crippen LogP contribution in [0.25, 0.3) is 10.2 Å². The Labute approximate surface area is 167 Å². The molecule has 0 fully saturated rings. The number of rotatable bonds is 7. The summed E-state index contributed by atoms with van der Waals surface area (Å²) in [5.74, 6) is 0.658. The molecule has 8 heteroatoms. The van der Waals surface area contributed by atoms with Crippen molar-refractivity contribution >= 4 is 33.4 Å². The number of nitrogens with one attached hydrogen (secondary N) is 2. The zero-order chi connectivity index (χ0) is 20.1. The van der Waals surface area contributed by atoms with Gasteiger partial charge in [-0.1, -0.05) is 13.0 Å². The number of carbonyl (C=O) groups excluding carboxylic acids is 2. The Bertz CT molecular complexity index is 960. The third kappa shape index (κ3) is 4.86. The standard InChI is InChI=1S/C20H25N3O4S/c1-12-6-7-13-14(11-12)28-20-18(13)19(26)22-15(23-20)8-9-16(24)21-10-4-3-5-17(25)27-2/h3,5,12H,4,6-11H2,1-2H3,(H,21,24)(H,22,23,26)/b5-3+. The van der Waals surface area contributed by atoms with E-state index in [9.17, 15) is 14.4 Å². The predicted octanol–water partition coefficient (Wildman–Crippen LogP) is 2.28. The first kappa shape index (κ1) is 20.3. The van der Waals surface area contributed by atoms with Gasteiger partial charge in [-0.3, -0.25) is 9.59 Å². The van der Waals surface area contributed by atoms with Gasteiger partial charge in [0.25, 0.3) is 5.56 Å². The number of methoxy groups -OCH3 is 1. The van der Waals surface area contributed by atoms with Gasteiger partial charge < -0.3 is 15.0 Å². The molecule has 2 aromatic heterocycles. The van der Waals surface area contributed by atoms with Crippen LogP contribution >= 0.6 is 11.3 Å². The summed E-state index contributed by atoms with van der Waals surface area (Å²) in [7, 11) is 1.32. The van der Waals surface area contributed by atoms with Crippen LogP contribution in [0.5, 0.6) is 0 Å². The maximum absolute atomic E-state index is 12.5. The first-order valence-corrected chi connectivity index (χ1v) is 10.3. The van der Waals surface area contributed by atoms with Gasteiger partial charge in [-0.05, 0) is 37.2 Å². The second-order valence-corrected chi connectivity index (χ2v) is 8.19. The minimum absolute atomic E-state index is 0.0968. The van der Waals surface area contributed by atoms with Crippen molar-refractivity contribution < 1.29 is 14.3 Å². The third-order valence-corrected chi connectivity index (χ3v) is 6.04. The molecule has 1 aliphatic rings. The van der Waals surface area contributed by atoms with Gasteiger partial charge in [-0.25, -0.2) is 9.78 Å². The van der Waals surface area contributed by atoms with E-state index < -0.39 is 5.97 Å². The van der Waals surface area contributed by atoms with Crippen LogP contribution in [-0.2, 0) is 33.6 Å². The molecule has 2 aromatic rings. The van der Waals surface area contributed by atoms with E-state index in [2.05, 4.69) is 26.9 Å². The molecule has 1 aliphatic carbocycles. The Morgan fingerprint density at radius 1 is 1.43 bits per heavy atom. The summed E-state index contributed by atoms with van der Waals surface area (Å²) in [6.45, 7) is 2.67. The second kappa shape index (κ2) is 9.14. The maximum atomic E-state index is 12.5. The van der Waals surface area contributed by atoms with E-state index in [1.807, 2.05) is 0 Å². The van der Waals surface area contributed by atoms with Crippen LogP contribution < -0.4 is 10.9 Å². The molecule has 1 unspecified atom stereocenters. The Kier molecular flexibility index (Phi) is 6.61. The number of hydrogen-bond donors (Lipinski definition) is 2. The van der Waals surface area contributed by atoms with Gasteiger partial charge >= 0.3 is 5.97 Å². The fourth-order valence-electron chi connectivity index (χ4n) is 3.37.